The van der Waals surface area contributed by atoms with Crippen LogP contribution in [-0.2, 0) is 0 Å². The van der Waals surface area contributed by atoms with Crippen molar-refractivity contribution in [2.45, 2.75) is 24.7 Å². The number of aliphatic hydroxyl groups excluding tert-OH is 3. The van der Waals surface area contributed by atoms with Crippen LogP contribution in [-0.4, -0.2) is 53.7 Å². The normalized spacial score (nSPS) is 37.9. The van der Waals surface area contributed by atoms with Crippen molar-refractivity contribution in [1.82, 2.24) is 19.5 Å². The second-order valence-corrected chi connectivity index (χ2v) is 6.79. The molecule has 2 heterocycles. The second kappa shape index (κ2) is 4.24. The van der Waals surface area contributed by atoms with Gasteiger partial charge in [0.05, 0.1) is 25.1 Å². The van der Waals surface area contributed by atoms with Gasteiger partial charge < -0.3 is 25.6 Å². The van der Waals surface area contributed by atoms with Crippen LogP contribution in [0.1, 0.15) is 12.5 Å². The predicted octanol–water partition coefficient (Wildman–Crippen LogP) is -0.712. The second-order valence-electron chi connectivity index (χ2n) is 5.83. The summed E-state index contributed by atoms with van der Waals surface area (Å²) in [5.74, 6) is 0.305. The number of aromatic nitrogens is 4. The van der Waals surface area contributed by atoms with E-state index in [1.54, 1.807) is 10.9 Å². The smallest absolute Gasteiger partial charge is 0.194 e. The van der Waals surface area contributed by atoms with Crippen LogP contribution in [0.3, 0.4) is 0 Å². The fourth-order valence-electron chi connectivity index (χ4n) is 3.68. The third-order valence-corrected chi connectivity index (χ3v) is 5.37. The van der Waals surface area contributed by atoms with Gasteiger partial charge in [-0.1, -0.05) is 0 Å². The van der Waals surface area contributed by atoms with E-state index < -0.39 is 17.6 Å². The Kier molecular flexibility index (Phi) is 2.75. The number of hydrogen-bond donors (Lipinski definition) is 4. The van der Waals surface area contributed by atoms with Crippen LogP contribution in [0, 0.1) is 15.2 Å². The maximum absolute atomic E-state index is 10.3. The minimum atomic E-state index is -0.956. The third kappa shape index (κ3) is 1.62. The number of aliphatic hydroxyl groups is 3. The van der Waals surface area contributed by atoms with E-state index >= 15 is 0 Å². The zero-order valence-electron chi connectivity index (χ0n) is 10.9. The molecule has 112 valence electrons. The molecular weight excluding hydrogens is 389 g/mol. The minimum absolute atomic E-state index is 0.0127. The van der Waals surface area contributed by atoms with Crippen LogP contribution in [0.4, 0.5) is 5.82 Å². The predicted molar refractivity (Wildman–Crippen MR) is 81.1 cm³/mol. The summed E-state index contributed by atoms with van der Waals surface area (Å²) in [7, 11) is 0. The molecule has 2 aromatic heterocycles. The van der Waals surface area contributed by atoms with Crippen LogP contribution in [0.25, 0.3) is 11.2 Å². The van der Waals surface area contributed by atoms with Crippen molar-refractivity contribution >= 4 is 39.6 Å². The average molecular weight is 403 g/mol. The quantitative estimate of drug-likeness (QED) is 0.385. The first-order valence-electron chi connectivity index (χ1n) is 6.62. The number of nitrogen functional groups attached to an aromatic ring is 1. The number of fused-ring (bicyclic) bond motifs is 2. The first-order valence-corrected chi connectivity index (χ1v) is 7.70. The summed E-state index contributed by atoms with van der Waals surface area (Å²) in [5.41, 5.74) is 6.28. The summed E-state index contributed by atoms with van der Waals surface area (Å²) in [4.78, 5) is 12.6. The minimum Gasteiger partial charge on any atom is -0.396 e. The lowest BCUT2D eigenvalue weighted by molar-refractivity contribution is -0.0300. The fraction of sp³-hybridized carbons (Fsp3) is 0.583. The van der Waals surface area contributed by atoms with Crippen molar-refractivity contribution in [2.75, 3.05) is 12.3 Å². The zero-order valence-corrected chi connectivity index (χ0v) is 13.0. The van der Waals surface area contributed by atoms with Crippen LogP contribution in [0.2, 0.25) is 0 Å². The van der Waals surface area contributed by atoms with Crippen LogP contribution < -0.4 is 5.73 Å². The van der Waals surface area contributed by atoms with Gasteiger partial charge in [-0.05, 0) is 12.3 Å². The van der Waals surface area contributed by atoms with Gasteiger partial charge in [-0.25, -0.2) is 15.0 Å². The van der Waals surface area contributed by atoms with Crippen molar-refractivity contribution < 1.29 is 15.3 Å². The van der Waals surface area contributed by atoms with Gasteiger partial charge in [-0.15, -0.1) is 0 Å². The largest absolute Gasteiger partial charge is 0.396 e. The summed E-state index contributed by atoms with van der Waals surface area (Å²) in [6, 6.07) is -0.359. The van der Waals surface area contributed by atoms with Gasteiger partial charge in [0, 0.05) is 28.0 Å². The van der Waals surface area contributed by atoms with E-state index in [1.165, 1.54) is 0 Å². The zero-order chi connectivity index (χ0) is 14.9. The molecule has 5 N–H and O–H groups in total. The molecule has 2 saturated carbocycles. The van der Waals surface area contributed by atoms with Crippen molar-refractivity contribution in [3.05, 3.63) is 10.2 Å². The first kappa shape index (κ1) is 13.6. The molecule has 0 spiro atoms. The Bertz CT molecular complexity index is 737. The maximum Gasteiger partial charge on any atom is 0.194 e. The number of anilines is 1. The summed E-state index contributed by atoms with van der Waals surface area (Å²) in [6.07, 6.45) is 0.359. The summed E-state index contributed by atoms with van der Waals surface area (Å²) in [5, 5.41) is 30.1. The first-order chi connectivity index (χ1) is 9.99. The van der Waals surface area contributed by atoms with E-state index in [2.05, 4.69) is 15.0 Å². The monoisotopic (exact) mass is 403 g/mol. The van der Waals surface area contributed by atoms with Crippen molar-refractivity contribution in [1.29, 1.82) is 0 Å². The Balaban J connectivity index is 1.85. The lowest BCUT2D eigenvalue weighted by Crippen LogP contribution is -2.35. The molecule has 4 rings (SSSR count). The topological polar surface area (TPSA) is 130 Å². The Hall–Kier alpha value is -1.04. The van der Waals surface area contributed by atoms with Gasteiger partial charge in [0.15, 0.2) is 15.3 Å². The van der Waals surface area contributed by atoms with Crippen LogP contribution in [0.15, 0.2) is 6.33 Å². The number of hydrogen-bond acceptors (Lipinski definition) is 7. The maximum atomic E-state index is 10.3. The average Bonchev–Trinajstić information content (AvgIpc) is 2.97. The van der Waals surface area contributed by atoms with Crippen molar-refractivity contribution in [2.24, 2.45) is 11.3 Å². The summed E-state index contributed by atoms with van der Waals surface area (Å²) >= 11 is 1.97. The van der Waals surface area contributed by atoms with Gasteiger partial charge in [0.1, 0.15) is 11.6 Å². The lowest BCUT2D eigenvalue weighted by Gasteiger charge is -2.23. The van der Waals surface area contributed by atoms with Gasteiger partial charge in [0.25, 0.3) is 0 Å². The molecular formula is C12H14IN5O3. The van der Waals surface area contributed by atoms with Gasteiger partial charge in [-0.2, -0.15) is 0 Å². The Morgan fingerprint density at radius 3 is 2.86 bits per heavy atom. The Morgan fingerprint density at radius 1 is 1.43 bits per heavy atom. The lowest BCUT2D eigenvalue weighted by atomic mass is 10.0. The van der Waals surface area contributed by atoms with E-state index in [1.807, 2.05) is 22.6 Å². The highest BCUT2D eigenvalue weighted by Gasteiger charge is 2.71. The SMILES string of the molecule is Nc1nc(I)nc2c1ncn2C1[C@H]2C[C@@]2(CO)[C@@H](O)[C@H]1O. The third-order valence-electron chi connectivity index (χ3n) is 4.89. The number of nitrogens with zero attached hydrogens (tertiary/aromatic N) is 4. The Morgan fingerprint density at radius 2 is 2.19 bits per heavy atom. The van der Waals surface area contributed by atoms with E-state index in [0.29, 0.717) is 27.2 Å². The highest BCUT2D eigenvalue weighted by Crippen LogP contribution is 2.67. The molecule has 2 fully saturated rings. The molecule has 0 bridgehead atoms. The standard InChI is InChI=1S/C12H14IN5O3/c13-11-16-9(14)5-10(17-11)18(3-15-5)6-4-1-12(4,2-19)8(21)7(6)20/h3-4,6-8,19-21H,1-2H2,(H2,14,16,17)/t4-,6?,7+,8+,12+/m1/s1. The fourth-order valence-corrected chi connectivity index (χ4v) is 4.17. The number of imidazole rings is 1. The number of nitrogens with two attached hydrogens (primary N) is 1. The number of rotatable bonds is 2. The molecule has 0 amide bonds. The molecule has 9 heteroatoms. The van der Waals surface area contributed by atoms with Crippen molar-refractivity contribution in [3.8, 4) is 0 Å². The molecule has 21 heavy (non-hydrogen) atoms. The van der Waals surface area contributed by atoms with E-state index in [9.17, 15) is 15.3 Å². The highest BCUT2D eigenvalue weighted by atomic mass is 127. The van der Waals surface area contributed by atoms with Gasteiger partial charge in [0.2, 0.25) is 0 Å². The summed E-state index contributed by atoms with van der Waals surface area (Å²) < 4.78 is 2.25. The van der Waals surface area contributed by atoms with Gasteiger partial charge in [-0.3, -0.25) is 0 Å². The molecule has 5 atom stereocenters. The van der Waals surface area contributed by atoms with Crippen LogP contribution in [0.5, 0.6) is 0 Å². The molecule has 1 unspecified atom stereocenters. The van der Waals surface area contributed by atoms with E-state index in [0.717, 1.165) is 0 Å². The molecule has 2 aliphatic carbocycles. The molecule has 0 aromatic carbocycles. The van der Waals surface area contributed by atoms with E-state index in [-0.39, 0.29) is 18.6 Å². The molecule has 2 aromatic rings. The van der Waals surface area contributed by atoms with E-state index in [4.69, 9.17) is 5.73 Å². The molecule has 0 saturated heterocycles. The molecule has 0 aliphatic heterocycles. The molecule has 0 radical (unpaired) electrons. The van der Waals surface area contributed by atoms with Gasteiger partial charge >= 0.3 is 0 Å². The Labute approximate surface area is 133 Å². The van der Waals surface area contributed by atoms with Crippen LogP contribution >= 0.6 is 22.6 Å². The highest BCUT2D eigenvalue weighted by molar-refractivity contribution is 14.1. The van der Waals surface area contributed by atoms with Crippen molar-refractivity contribution in [3.63, 3.8) is 0 Å². The number of halogens is 1. The molecule has 2 aliphatic rings. The summed E-state index contributed by atoms with van der Waals surface area (Å²) in [6.45, 7) is -0.131. The molecule has 8 nitrogen and oxygen atoms in total.